The van der Waals surface area contributed by atoms with Crippen molar-refractivity contribution in [2.75, 3.05) is 30.3 Å². The molecule has 192 valence electrons. The lowest BCUT2D eigenvalue weighted by molar-refractivity contribution is -0.137. The van der Waals surface area contributed by atoms with Crippen molar-refractivity contribution in [3.05, 3.63) is 66.0 Å². The van der Waals surface area contributed by atoms with E-state index in [0.29, 0.717) is 26.1 Å². The SMILES string of the molecule is C[C@@H](O)[C@@H](CN1CC[C@H](O)C1)Nc1nc(NCc2ccc(-c3ccccn3)cc2)ncc1C(F)(F)F. The second kappa shape index (κ2) is 11.2. The lowest BCUT2D eigenvalue weighted by atomic mass is 10.1. The summed E-state index contributed by atoms with van der Waals surface area (Å²) in [7, 11) is 0. The van der Waals surface area contributed by atoms with Crippen molar-refractivity contribution in [2.24, 2.45) is 0 Å². The molecule has 0 spiro atoms. The molecular formula is C25H29F3N6O2. The first-order chi connectivity index (χ1) is 17.2. The topological polar surface area (TPSA) is 106 Å². The van der Waals surface area contributed by atoms with Crippen LogP contribution in [0.2, 0.25) is 0 Å². The Kier molecular flexibility index (Phi) is 8.02. The zero-order valence-electron chi connectivity index (χ0n) is 19.8. The van der Waals surface area contributed by atoms with Crippen molar-refractivity contribution < 1.29 is 23.4 Å². The second-order valence-electron chi connectivity index (χ2n) is 8.91. The molecule has 1 saturated heterocycles. The van der Waals surface area contributed by atoms with Crippen LogP contribution in [0.3, 0.4) is 0 Å². The molecule has 2 aromatic heterocycles. The summed E-state index contributed by atoms with van der Waals surface area (Å²) < 4.78 is 41.0. The van der Waals surface area contributed by atoms with E-state index >= 15 is 0 Å². The fraction of sp³-hybridized carbons (Fsp3) is 0.400. The molecule has 0 aliphatic carbocycles. The number of aromatic nitrogens is 3. The molecule has 3 heterocycles. The fourth-order valence-electron chi connectivity index (χ4n) is 4.04. The molecule has 0 unspecified atom stereocenters. The normalized spacial score (nSPS) is 18.1. The summed E-state index contributed by atoms with van der Waals surface area (Å²) in [6.45, 7) is 3.09. The highest BCUT2D eigenvalue weighted by molar-refractivity contribution is 5.59. The van der Waals surface area contributed by atoms with Gasteiger partial charge in [-0.2, -0.15) is 18.2 Å². The third kappa shape index (κ3) is 6.68. The molecule has 3 atom stereocenters. The standard InChI is InChI=1S/C25H29F3N6O2/c1-16(35)22(15-34-11-9-19(36)14-34)32-23-20(25(26,27)28)13-31-24(33-23)30-12-17-5-7-18(8-6-17)21-4-2-3-10-29-21/h2-8,10,13,16,19,22,35-36H,9,11-12,14-15H2,1H3,(H2,30,31,32,33)/t16-,19+,22-/m1/s1. The quantitative estimate of drug-likeness (QED) is 0.353. The summed E-state index contributed by atoms with van der Waals surface area (Å²) in [6.07, 6.45) is -3.05. The van der Waals surface area contributed by atoms with Gasteiger partial charge in [-0.25, -0.2) is 4.98 Å². The number of likely N-dealkylation sites (tertiary alicyclic amines) is 1. The average Bonchev–Trinajstić information content (AvgIpc) is 3.27. The van der Waals surface area contributed by atoms with Gasteiger partial charge in [0.25, 0.3) is 0 Å². The van der Waals surface area contributed by atoms with Crippen LogP contribution >= 0.6 is 0 Å². The van der Waals surface area contributed by atoms with Gasteiger partial charge in [-0.15, -0.1) is 0 Å². The molecule has 0 saturated carbocycles. The monoisotopic (exact) mass is 502 g/mol. The van der Waals surface area contributed by atoms with Gasteiger partial charge in [0.2, 0.25) is 5.95 Å². The van der Waals surface area contributed by atoms with E-state index in [1.165, 1.54) is 6.92 Å². The molecule has 4 rings (SSSR count). The summed E-state index contributed by atoms with van der Waals surface area (Å²) in [6, 6.07) is 12.6. The van der Waals surface area contributed by atoms with Crippen molar-refractivity contribution >= 4 is 11.8 Å². The Morgan fingerprint density at radius 1 is 1.14 bits per heavy atom. The first kappa shape index (κ1) is 25.8. The minimum absolute atomic E-state index is 0.0280. The molecule has 1 aliphatic rings. The van der Waals surface area contributed by atoms with Crippen LogP contribution in [0.25, 0.3) is 11.3 Å². The number of alkyl halides is 3. The van der Waals surface area contributed by atoms with Crippen LogP contribution in [0.5, 0.6) is 0 Å². The van der Waals surface area contributed by atoms with Crippen molar-refractivity contribution in [1.29, 1.82) is 0 Å². The molecule has 11 heteroatoms. The first-order valence-electron chi connectivity index (χ1n) is 11.7. The molecule has 1 fully saturated rings. The van der Waals surface area contributed by atoms with E-state index in [9.17, 15) is 23.4 Å². The van der Waals surface area contributed by atoms with Gasteiger partial charge in [-0.1, -0.05) is 30.3 Å². The number of rotatable bonds is 9. The number of hydrogen-bond acceptors (Lipinski definition) is 8. The number of nitrogens with one attached hydrogen (secondary N) is 2. The number of halogens is 3. The molecule has 4 N–H and O–H groups in total. The third-order valence-electron chi connectivity index (χ3n) is 6.07. The Balaban J connectivity index is 1.47. The summed E-state index contributed by atoms with van der Waals surface area (Å²) >= 11 is 0. The molecular weight excluding hydrogens is 473 g/mol. The highest BCUT2D eigenvalue weighted by atomic mass is 19.4. The lowest BCUT2D eigenvalue weighted by Gasteiger charge is -2.28. The van der Waals surface area contributed by atoms with E-state index in [2.05, 4.69) is 25.6 Å². The van der Waals surface area contributed by atoms with Crippen LogP contribution in [-0.4, -0.2) is 67.9 Å². The summed E-state index contributed by atoms with van der Waals surface area (Å²) in [5, 5.41) is 25.7. The van der Waals surface area contributed by atoms with Gasteiger partial charge in [-0.05, 0) is 31.0 Å². The predicted molar refractivity (Wildman–Crippen MR) is 130 cm³/mol. The van der Waals surface area contributed by atoms with Gasteiger partial charge in [-0.3, -0.25) is 9.88 Å². The van der Waals surface area contributed by atoms with Crippen LogP contribution in [0.15, 0.2) is 54.9 Å². The number of β-amino-alcohol motifs (C(OH)–C–C–N with tert-alkyl or cyclic N) is 1. The largest absolute Gasteiger partial charge is 0.421 e. The smallest absolute Gasteiger partial charge is 0.392 e. The first-order valence-corrected chi connectivity index (χ1v) is 11.7. The van der Waals surface area contributed by atoms with Gasteiger partial charge in [0, 0.05) is 44.1 Å². The van der Waals surface area contributed by atoms with E-state index in [1.807, 2.05) is 47.4 Å². The zero-order valence-corrected chi connectivity index (χ0v) is 19.8. The molecule has 8 nitrogen and oxygen atoms in total. The number of anilines is 2. The van der Waals surface area contributed by atoms with E-state index in [4.69, 9.17) is 0 Å². The van der Waals surface area contributed by atoms with E-state index in [1.54, 1.807) is 6.20 Å². The summed E-state index contributed by atoms with van der Waals surface area (Å²) in [5.74, 6) is -0.378. The van der Waals surface area contributed by atoms with Gasteiger partial charge < -0.3 is 20.8 Å². The summed E-state index contributed by atoms with van der Waals surface area (Å²) in [4.78, 5) is 14.2. The lowest BCUT2D eigenvalue weighted by Crippen LogP contribution is -2.43. The number of pyridine rings is 1. The number of hydrogen-bond donors (Lipinski definition) is 4. The van der Waals surface area contributed by atoms with Gasteiger partial charge in [0.1, 0.15) is 11.4 Å². The third-order valence-corrected chi connectivity index (χ3v) is 6.07. The van der Waals surface area contributed by atoms with Crippen molar-refractivity contribution in [3.8, 4) is 11.3 Å². The maximum absolute atomic E-state index is 13.7. The number of nitrogens with zero attached hydrogens (tertiary/aromatic N) is 4. The number of aliphatic hydroxyl groups excluding tert-OH is 2. The zero-order chi connectivity index (χ0) is 25.7. The number of benzene rings is 1. The molecule has 0 radical (unpaired) electrons. The van der Waals surface area contributed by atoms with Gasteiger partial charge in [0.15, 0.2) is 0 Å². The molecule has 0 amide bonds. The Bertz CT molecular complexity index is 1130. The number of aliphatic hydroxyl groups is 2. The minimum atomic E-state index is -4.67. The summed E-state index contributed by atoms with van der Waals surface area (Å²) in [5.41, 5.74) is 1.67. The second-order valence-corrected chi connectivity index (χ2v) is 8.91. The minimum Gasteiger partial charge on any atom is -0.392 e. The Morgan fingerprint density at radius 2 is 1.92 bits per heavy atom. The molecule has 1 aromatic carbocycles. The Hall–Kier alpha value is -3.28. The van der Waals surface area contributed by atoms with E-state index < -0.39 is 35.8 Å². The van der Waals surface area contributed by atoms with Crippen LogP contribution in [-0.2, 0) is 12.7 Å². The van der Waals surface area contributed by atoms with Crippen LogP contribution in [0.1, 0.15) is 24.5 Å². The van der Waals surface area contributed by atoms with E-state index in [0.717, 1.165) is 23.0 Å². The van der Waals surface area contributed by atoms with Gasteiger partial charge in [0.05, 0.1) is 23.9 Å². The predicted octanol–water partition coefficient (Wildman–Crippen LogP) is 3.40. The maximum Gasteiger partial charge on any atom is 0.421 e. The fourth-order valence-corrected chi connectivity index (χ4v) is 4.04. The Labute approximate surface area is 207 Å². The van der Waals surface area contributed by atoms with Crippen molar-refractivity contribution in [3.63, 3.8) is 0 Å². The van der Waals surface area contributed by atoms with Crippen LogP contribution in [0, 0.1) is 0 Å². The van der Waals surface area contributed by atoms with Crippen molar-refractivity contribution in [2.45, 2.75) is 44.3 Å². The average molecular weight is 503 g/mol. The van der Waals surface area contributed by atoms with Gasteiger partial charge >= 0.3 is 6.18 Å². The van der Waals surface area contributed by atoms with Crippen LogP contribution < -0.4 is 10.6 Å². The maximum atomic E-state index is 13.7. The highest BCUT2D eigenvalue weighted by Gasteiger charge is 2.36. The van der Waals surface area contributed by atoms with Crippen LogP contribution in [0.4, 0.5) is 24.9 Å². The molecule has 3 aromatic rings. The van der Waals surface area contributed by atoms with E-state index in [-0.39, 0.29) is 12.5 Å². The van der Waals surface area contributed by atoms with Crippen molar-refractivity contribution in [1.82, 2.24) is 19.9 Å². The molecule has 1 aliphatic heterocycles. The Morgan fingerprint density at radius 3 is 2.53 bits per heavy atom. The molecule has 36 heavy (non-hydrogen) atoms. The molecule has 0 bridgehead atoms. The highest BCUT2D eigenvalue weighted by Crippen LogP contribution is 2.34.